The Kier molecular flexibility index (Phi) is 3.90. The summed E-state index contributed by atoms with van der Waals surface area (Å²) in [4.78, 5) is 16.8. The molecule has 1 amide bonds. The van der Waals surface area contributed by atoms with Crippen molar-refractivity contribution in [2.24, 2.45) is 5.92 Å². The molecular formula is C16H21N3O2. The van der Waals surface area contributed by atoms with E-state index in [0.717, 1.165) is 17.6 Å². The highest BCUT2D eigenvalue weighted by molar-refractivity contribution is 6.06. The van der Waals surface area contributed by atoms with Crippen LogP contribution in [0.3, 0.4) is 0 Å². The Labute approximate surface area is 124 Å². The Morgan fingerprint density at radius 3 is 2.86 bits per heavy atom. The number of rotatable bonds is 3. The van der Waals surface area contributed by atoms with E-state index in [4.69, 9.17) is 4.52 Å². The van der Waals surface area contributed by atoms with Gasteiger partial charge in [-0.1, -0.05) is 24.4 Å². The van der Waals surface area contributed by atoms with Gasteiger partial charge in [-0.15, -0.1) is 0 Å². The molecule has 112 valence electrons. The summed E-state index contributed by atoms with van der Waals surface area (Å²) in [6.45, 7) is 4.45. The van der Waals surface area contributed by atoms with Crippen molar-refractivity contribution in [2.45, 2.75) is 46.0 Å². The van der Waals surface area contributed by atoms with Gasteiger partial charge in [0.25, 0.3) is 11.6 Å². The lowest BCUT2D eigenvalue weighted by Crippen LogP contribution is -2.30. The molecule has 1 aliphatic carbocycles. The third-order valence-corrected chi connectivity index (χ3v) is 4.27. The van der Waals surface area contributed by atoms with E-state index in [9.17, 15) is 4.79 Å². The molecule has 21 heavy (non-hydrogen) atoms. The summed E-state index contributed by atoms with van der Waals surface area (Å²) >= 11 is 0. The minimum Gasteiger partial charge on any atom is -0.352 e. The monoisotopic (exact) mass is 287 g/mol. The molecule has 0 bridgehead atoms. The van der Waals surface area contributed by atoms with Gasteiger partial charge in [0.05, 0.1) is 16.6 Å². The fraction of sp³-hybridized carbons (Fsp3) is 0.562. The van der Waals surface area contributed by atoms with Crippen molar-refractivity contribution in [3.63, 3.8) is 0 Å². The second-order valence-electron chi connectivity index (χ2n) is 5.97. The first kappa shape index (κ1) is 14.0. The first-order valence-corrected chi connectivity index (χ1v) is 7.67. The Balaban J connectivity index is 1.79. The zero-order chi connectivity index (χ0) is 14.8. The van der Waals surface area contributed by atoms with Crippen molar-refractivity contribution >= 4 is 17.0 Å². The highest BCUT2D eigenvalue weighted by Crippen LogP contribution is 2.24. The van der Waals surface area contributed by atoms with Crippen LogP contribution in [0.15, 0.2) is 10.6 Å². The molecule has 0 saturated heterocycles. The van der Waals surface area contributed by atoms with Gasteiger partial charge in [-0.3, -0.25) is 4.79 Å². The SMILES string of the molecule is Cc1cc(C(=O)NCC2CCCCC2)c2c(C)noc2n1. The van der Waals surface area contributed by atoms with E-state index < -0.39 is 0 Å². The summed E-state index contributed by atoms with van der Waals surface area (Å²) in [7, 11) is 0. The normalized spacial score (nSPS) is 16.3. The molecule has 0 aromatic carbocycles. The van der Waals surface area contributed by atoms with Gasteiger partial charge >= 0.3 is 0 Å². The smallest absolute Gasteiger partial charge is 0.258 e. The highest BCUT2D eigenvalue weighted by Gasteiger charge is 2.19. The topological polar surface area (TPSA) is 68.0 Å². The van der Waals surface area contributed by atoms with Gasteiger partial charge in [-0.25, -0.2) is 4.98 Å². The predicted octanol–water partition coefficient (Wildman–Crippen LogP) is 3.15. The van der Waals surface area contributed by atoms with Crippen LogP contribution in [0.5, 0.6) is 0 Å². The molecule has 1 aliphatic rings. The van der Waals surface area contributed by atoms with Crippen LogP contribution in [-0.4, -0.2) is 22.6 Å². The number of carbonyl (C=O) groups excluding carboxylic acids is 1. The van der Waals surface area contributed by atoms with Crippen molar-refractivity contribution < 1.29 is 9.32 Å². The van der Waals surface area contributed by atoms with E-state index in [2.05, 4.69) is 15.5 Å². The number of hydrogen-bond donors (Lipinski definition) is 1. The van der Waals surface area contributed by atoms with E-state index in [1.165, 1.54) is 32.1 Å². The fourth-order valence-electron chi connectivity index (χ4n) is 3.12. The lowest BCUT2D eigenvalue weighted by Gasteiger charge is -2.21. The van der Waals surface area contributed by atoms with Gasteiger partial charge in [0.1, 0.15) is 0 Å². The molecule has 2 heterocycles. The molecule has 1 fully saturated rings. The van der Waals surface area contributed by atoms with Gasteiger partial charge in [0, 0.05) is 12.2 Å². The molecular weight excluding hydrogens is 266 g/mol. The fourth-order valence-corrected chi connectivity index (χ4v) is 3.12. The first-order valence-electron chi connectivity index (χ1n) is 7.67. The van der Waals surface area contributed by atoms with Crippen molar-refractivity contribution in [2.75, 3.05) is 6.54 Å². The number of fused-ring (bicyclic) bond motifs is 1. The molecule has 3 rings (SSSR count). The summed E-state index contributed by atoms with van der Waals surface area (Å²) in [5.74, 6) is 0.562. The Morgan fingerprint density at radius 2 is 2.10 bits per heavy atom. The van der Waals surface area contributed by atoms with E-state index in [1.807, 2.05) is 19.9 Å². The van der Waals surface area contributed by atoms with Gasteiger partial charge in [0.2, 0.25) is 0 Å². The molecule has 0 aliphatic heterocycles. The lowest BCUT2D eigenvalue weighted by atomic mass is 9.89. The summed E-state index contributed by atoms with van der Waals surface area (Å²) < 4.78 is 5.17. The van der Waals surface area contributed by atoms with E-state index >= 15 is 0 Å². The number of hydrogen-bond acceptors (Lipinski definition) is 4. The van der Waals surface area contributed by atoms with Crippen LogP contribution < -0.4 is 5.32 Å². The molecule has 0 atom stereocenters. The number of carbonyl (C=O) groups is 1. The maximum absolute atomic E-state index is 12.5. The van der Waals surface area contributed by atoms with Gasteiger partial charge in [-0.2, -0.15) is 0 Å². The number of nitrogens with one attached hydrogen (secondary N) is 1. The number of aromatic nitrogens is 2. The molecule has 0 radical (unpaired) electrons. The van der Waals surface area contributed by atoms with Crippen LogP contribution in [0.4, 0.5) is 0 Å². The third-order valence-electron chi connectivity index (χ3n) is 4.27. The molecule has 5 nitrogen and oxygen atoms in total. The summed E-state index contributed by atoms with van der Waals surface area (Å²) in [5, 5.41) is 7.71. The Bertz CT molecular complexity index is 657. The van der Waals surface area contributed by atoms with Gasteiger partial charge in [-0.05, 0) is 38.7 Å². The van der Waals surface area contributed by atoms with Gasteiger partial charge < -0.3 is 9.84 Å². The standard InChI is InChI=1S/C16H21N3O2/c1-10-8-13(14-11(2)19-21-16(14)18-10)15(20)17-9-12-6-4-3-5-7-12/h8,12H,3-7,9H2,1-2H3,(H,17,20). The highest BCUT2D eigenvalue weighted by atomic mass is 16.5. The minimum absolute atomic E-state index is 0.0534. The first-order chi connectivity index (χ1) is 10.1. The maximum atomic E-state index is 12.5. The van der Waals surface area contributed by atoms with Crippen molar-refractivity contribution in [1.29, 1.82) is 0 Å². The summed E-state index contributed by atoms with van der Waals surface area (Å²) in [5.41, 5.74) is 2.53. The van der Waals surface area contributed by atoms with Crippen molar-refractivity contribution in [3.05, 3.63) is 23.0 Å². The second kappa shape index (κ2) is 5.84. The van der Waals surface area contributed by atoms with Crippen LogP contribution >= 0.6 is 0 Å². The minimum atomic E-state index is -0.0534. The number of nitrogens with zero attached hydrogens (tertiary/aromatic N) is 2. The largest absolute Gasteiger partial charge is 0.352 e. The summed E-state index contributed by atoms with van der Waals surface area (Å²) in [6, 6.07) is 1.81. The average molecular weight is 287 g/mol. The Morgan fingerprint density at radius 1 is 1.33 bits per heavy atom. The predicted molar refractivity (Wildman–Crippen MR) is 80.2 cm³/mol. The molecule has 1 saturated carbocycles. The van der Waals surface area contributed by atoms with E-state index in [1.54, 1.807) is 0 Å². The molecule has 0 spiro atoms. The van der Waals surface area contributed by atoms with Gasteiger partial charge in [0.15, 0.2) is 0 Å². The zero-order valence-corrected chi connectivity index (χ0v) is 12.6. The van der Waals surface area contributed by atoms with E-state index in [-0.39, 0.29) is 5.91 Å². The maximum Gasteiger partial charge on any atom is 0.258 e. The quantitative estimate of drug-likeness (QED) is 0.941. The van der Waals surface area contributed by atoms with Crippen LogP contribution in [0, 0.1) is 19.8 Å². The van der Waals surface area contributed by atoms with Crippen molar-refractivity contribution in [3.8, 4) is 0 Å². The van der Waals surface area contributed by atoms with Crippen LogP contribution in [0.25, 0.3) is 11.1 Å². The lowest BCUT2D eigenvalue weighted by molar-refractivity contribution is 0.0945. The van der Waals surface area contributed by atoms with E-state index in [0.29, 0.717) is 22.9 Å². The number of pyridine rings is 1. The van der Waals surface area contributed by atoms with Crippen LogP contribution in [0.1, 0.15) is 53.8 Å². The van der Waals surface area contributed by atoms with Crippen LogP contribution in [0.2, 0.25) is 0 Å². The summed E-state index contributed by atoms with van der Waals surface area (Å²) in [6.07, 6.45) is 6.33. The van der Waals surface area contributed by atoms with Crippen molar-refractivity contribution in [1.82, 2.24) is 15.5 Å². The molecule has 2 aromatic heterocycles. The molecule has 0 unspecified atom stereocenters. The third kappa shape index (κ3) is 2.91. The number of aryl methyl sites for hydroxylation is 2. The molecule has 5 heteroatoms. The molecule has 1 N–H and O–H groups in total. The number of amides is 1. The van der Waals surface area contributed by atoms with Crippen LogP contribution in [-0.2, 0) is 0 Å². The molecule has 2 aromatic rings. The Hall–Kier alpha value is -1.91. The average Bonchev–Trinajstić information content (AvgIpc) is 2.86. The zero-order valence-electron chi connectivity index (χ0n) is 12.6. The second-order valence-corrected chi connectivity index (χ2v) is 5.97.